The summed E-state index contributed by atoms with van der Waals surface area (Å²) in [6, 6.07) is 7.56. The molecule has 2 N–H and O–H groups in total. The molecule has 0 saturated carbocycles. The number of pyridine rings is 1. The fourth-order valence-electron chi connectivity index (χ4n) is 4.28. The number of aromatic amines is 1. The van der Waals surface area contributed by atoms with E-state index in [4.69, 9.17) is 0 Å². The number of aryl methyl sites for hydroxylation is 1. The maximum absolute atomic E-state index is 13.2. The van der Waals surface area contributed by atoms with E-state index >= 15 is 0 Å². The van der Waals surface area contributed by atoms with Gasteiger partial charge in [-0.25, -0.2) is 4.52 Å². The molecule has 4 aromatic heterocycles. The van der Waals surface area contributed by atoms with Gasteiger partial charge in [-0.1, -0.05) is 26.0 Å². The molecule has 0 saturated heterocycles. The molecule has 176 valence electrons. The second-order valence-electron chi connectivity index (χ2n) is 8.90. The van der Waals surface area contributed by atoms with Crippen LogP contribution in [-0.2, 0) is 0 Å². The lowest BCUT2D eigenvalue weighted by molar-refractivity contribution is 0.0932. The second-order valence-corrected chi connectivity index (χ2v) is 8.90. The fourth-order valence-corrected chi connectivity index (χ4v) is 4.28. The number of carbonyl (C=O) groups is 1. The summed E-state index contributed by atoms with van der Waals surface area (Å²) >= 11 is 0. The van der Waals surface area contributed by atoms with E-state index in [0.717, 1.165) is 22.0 Å². The summed E-state index contributed by atoms with van der Waals surface area (Å²) in [7, 11) is 0. The van der Waals surface area contributed by atoms with E-state index in [1.807, 2.05) is 52.0 Å². The van der Waals surface area contributed by atoms with Gasteiger partial charge in [0.25, 0.3) is 11.5 Å². The minimum absolute atomic E-state index is 0.1000. The van der Waals surface area contributed by atoms with Gasteiger partial charge in [0.1, 0.15) is 5.52 Å². The van der Waals surface area contributed by atoms with E-state index in [9.17, 15) is 9.59 Å². The summed E-state index contributed by atoms with van der Waals surface area (Å²) in [5.74, 6) is -0.475. The van der Waals surface area contributed by atoms with Crippen molar-refractivity contribution in [2.24, 2.45) is 0 Å². The topological polar surface area (TPSA) is 118 Å². The van der Waals surface area contributed by atoms with Crippen molar-refractivity contribution in [3.8, 4) is 11.3 Å². The molecule has 35 heavy (non-hydrogen) atoms. The average molecular weight is 468 g/mol. The first kappa shape index (κ1) is 22.4. The first-order valence-corrected chi connectivity index (χ1v) is 11.4. The molecular formula is C26H25N7O2. The lowest BCUT2D eigenvalue weighted by Crippen LogP contribution is -2.28. The van der Waals surface area contributed by atoms with Gasteiger partial charge in [0, 0.05) is 35.1 Å². The fraction of sp³-hybridized carbons (Fsp3) is 0.231. The lowest BCUT2D eigenvalue weighted by atomic mass is 10.0. The third-order valence-corrected chi connectivity index (χ3v) is 6.08. The van der Waals surface area contributed by atoms with Crippen molar-refractivity contribution in [3.63, 3.8) is 0 Å². The Balaban J connectivity index is 1.59. The number of benzene rings is 1. The summed E-state index contributed by atoms with van der Waals surface area (Å²) < 4.78 is 1.49. The van der Waals surface area contributed by atoms with Crippen molar-refractivity contribution < 1.29 is 4.79 Å². The first-order valence-electron chi connectivity index (χ1n) is 11.4. The molecule has 0 radical (unpaired) electrons. The van der Waals surface area contributed by atoms with Crippen LogP contribution < -0.4 is 10.9 Å². The van der Waals surface area contributed by atoms with Gasteiger partial charge in [-0.3, -0.25) is 24.5 Å². The molecule has 9 nitrogen and oxygen atoms in total. The van der Waals surface area contributed by atoms with Crippen molar-refractivity contribution in [3.05, 3.63) is 88.1 Å². The predicted octanol–water partition coefficient (Wildman–Crippen LogP) is 3.95. The third kappa shape index (κ3) is 4.05. The summed E-state index contributed by atoms with van der Waals surface area (Å²) in [5, 5.41) is 8.46. The SMILES string of the molecule is Cc1cccc2ncc(-c3cn4nc(C(=O)N[C@@H](C)c5cnccn5)c(C(C)C)c4c(=O)[nH]3)cc12. The van der Waals surface area contributed by atoms with Crippen LogP contribution in [-0.4, -0.2) is 35.5 Å². The minimum atomic E-state index is -0.375. The Morgan fingerprint density at radius 2 is 1.94 bits per heavy atom. The maximum Gasteiger partial charge on any atom is 0.274 e. The van der Waals surface area contributed by atoms with Crippen molar-refractivity contribution in [1.82, 2.24) is 34.9 Å². The number of carbonyl (C=O) groups excluding carboxylic acids is 1. The maximum atomic E-state index is 13.2. The van der Waals surface area contributed by atoms with Gasteiger partial charge < -0.3 is 10.3 Å². The predicted molar refractivity (Wildman–Crippen MR) is 133 cm³/mol. The number of nitrogens with zero attached hydrogens (tertiary/aromatic N) is 5. The van der Waals surface area contributed by atoms with Crippen molar-refractivity contribution in [2.75, 3.05) is 0 Å². The first-order chi connectivity index (χ1) is 16.8. The Labute approximate surface area is 201 Å². The summed E-state index contributed by atoms with van der Waals surface area (Å²) in [4.78, 5) is 42.2. The number of hydrogen-bond acceptors (Lipinski definition) is 6. The number of H-pyrrole nitrogens is 1. The highest BCUT2D eigenvalue weighted by atomic mass is 16.2. The number of rotatable bonds is 5. The normalized spacial score (nSPS) is 12.4. The Morgan fingerprint density at radius 1 is 1.11 bits per heavy atom. The molecule has 4 heterocycles. The van der Waals surface area contributed by atoms with Gasteiger partial charge in [-0.15, -0.1) is 0 Å². The zero-order chi connectivity index (χ0) is 24.7. The molecule has 0 aliphatic heterocycles. The Hall–Kier alpha value is -4.40. The quantitative estimate of drug-likeness (QED) is 0.404. The van der Waals surface area contributed by atoms with E-state index in [-0.39, 0.29) is 29.1 Å². The minimum Gasteiger partial charge on any atom is -0.342 e. The standard InChI is InChI=1S/C26H25N7O2/c1-14(2)22-23(25(34)30-16(4)20-12-27-8-9-28-20)32-33-13-21(31-26(35)24(22)33)17-10-18-15(3)6-5-7-19(18)29-11-17/h5-14,16H,1-4H3,(H,30,34)(H,31,35)/t16-/m0/s1. The van der Waals surface area contributed by atoms with E-state index in [1.165, 1.54) is 4.52 Å². The molecule has 1 atom stereocenters. The molecule has 9 heteroatoms. The third-order valence-electron chi connectivity index (χ3n) is 6.08. The van der Waals surface area contributed by atoms with Gasteiger partial charge >= 0.3 is 0 Å². The van der Waals surface area contributed by atoms with Crippen molar-refractivity contribution >= 4 is 22.3 Å². The molecule has 1 amide bonds. The molecular weight excluding hydrogens is 442 g/mol. The Morgan fingerprint density at radius 3 is 2.69 bits per heavy atom. The van der Waals surface area contributed by atoms with Crippen LogP contribution in [0.3, 0.4) is 0 Å². The van der Waals surface area contributed by atoms with Crippen LogP contribution in [0.5, 0.6) is 0 Å². The number of aromatic nitrogens is 6. The van der Waals surface area contributed by atoms with E-state index in [1.54, 1.807) is 31.0 Å². The summed E-state index contributed by atoms with van der Waals surface area (Å²) in [6.45, 7) is 7.72. The van der Waals surface area contributed by atoms with Gasteiger partial charge in [-0.2, -0.15) is 5.10 Å². The highest BCUT2D eigenvalue weighted by molar-refractivity contribution is 5.96. The van der Waals surface area contributed by atoms with Crippen LogP contribution >= 0.6 is 0 Å². The smallest absolute Gasteiger partial charge is 0.274 e. The van der Waals surface area contributed by atoms with Crippen LogP contribution in [0.2, 0.25) is 0 Å². The molecule has 0 aliphatic carbocycles. The average Bonchev–Trinajstić information content (AvgIpc) is 3.25. The summed E-state index contributed by atoms with van der Waals surface area (Å²) in [5.41, 5.74) is 4.78. The second kappa shape index (κ2) is 8.75. The van der Waals surface area contributed by atoms with Gasteiger partial charge in [0.15, 0.2) is 5.69 Å². The molecule has 0 unspecified atom stereocenters. The van der Waals surface area contributed by atoms with E-state index in [0.29, 0.717) is 22.5 Å². The van der Waals surface area contributed by atoms with Gasteiger partial charge in [0.05, 0.1) is 35.3 Å². The molecule has 5 aromatic rings. The Kier molecular flexibility index (Phi) is 5.60. The molecule has 0 fully saturated rings. The highest BCUT2D eigenvalue weighted by Crippen LogP contribution is 2.26. The Bertz CT molecular complexity index is 1620. The van der Waals surface area contributed by atoms with Crippen LogP contribution in [0.25, 0.3) is 27.7 Å². The van der Waals surface area contributed by atoms with Crippen LogP contribution in [0.15, 0.2) is 60.0 Å². The lowest BCUT2D eigenvalue weighted by Gasteiger charge is -2.13. The molecule has 0 spiro atoms. The van der Waals surface area contributed by atoms with Crippen LogP contribution in [0.1, 0.15) is 60.0 Å². The van der Waals surface area contributed by atoms with Crippen LogP contribution in [0.4, 0.5) is 0 Å². The van der Waals surface area contributed by atoms with Gasteiger partial charge in [-0.05, 0) is 37.5 Å². The largest absolute Gasteiger partial charge is 0.342 e. The molecule has 5 rings (SSSR count). The number of amides is 1. The zero-order valence-electron chi connectivity index (χ0n) is 19.9. The number of nitrogens with one attached hydrogen (secondary N) is 2. The zero-order valence-corrected chi connectivity index (χ0v) is 19.9. The van der Waals surface area contributed by atoms with Crippen molar-refractivity contribution in [1.29, 1.82) is 0 Å². The van der Waals surface area contributed by atoms with Crippen LogP contribution in [0, 0.1) is 6.92 Å². The highest BCUT2D eigenvalue weighted by Gasteiger charge is 2.25. The summed E-state index contributed by atoms with van der Waals surface area (Å²) in [6.07, 6.45) is 8.21. The van der Waals surface area contributed by atoms with Crippen molar-refractivity contribution in [2.45, 2.75) is 39.7 Å². The number of hydrogen-bond donors (Lipinski definition) is 2. The number of fused-ring (bicyclic) bond motifs is 2. The molecule has 1 aromatic carbocycles. The van der Waals surface area contributed by atoms with Gasteiger partial charge in [0.2, 0.25) is 0 Å². The molecule has 0 bridgehead atoms. The van der Waals surface area contributed by atoms with E-state index in [2.05, 4.69) is 30.4 Å². The van der Waals surface area contributed by atoms with E-state index < -0.39 is 0 Å². The monoisotopic (exact) mass is 467 g/mol. The molecule has 0 aliphatic rings.